The summed E-state index contributed by atoms with van der Waals surface area (Å²) < 4.78 is 18.5. The summed E-state index contributed by atoms with van der Waals surface area (Å²) in [6.45, 7) is 1.08. The Morgan fingerprint density at radius 1 is 1.00 bits per heavy atom. The van der Waals surface area contributed by atoms with Gasteiger partial charge in [0.05, 0.1) is 4.92 Å². The van der Waals surface area contributed by atoms with Crippen molar-refractivity contribution in [3.05, 3.63) is 76.7 Å². The van der Waals surface area contributed by atoms with E-state index in [0.29, 0.717) is 30.7 Å². The topological polar surface area (TPSA) is 102 Å². The van der Waals surface area contributed by atoms with Gasteiger partial charge in [-0.25, -0.2) is 9.37 Å². The number of aromatic nitrogens is 2. The molecule has 0 aliphatic carbocycles. The van der Waals surface area contributed by atoms with Gasteiger partial charge >= 0.3 is 0 Å². The first-order valence-electron chi connectivity index (χ1n) is 8.09. The van der Waals surface area contributed by atoms with Crippen LogP contribution in [0.5, 0.6) is 11.6 Å². The average molecular weight is 369 g/mol. The fraction of sp³-hybridized carbons (Fsp3) is 0.111. The molecule has 0 spiro atoms. The van der Waals surface area contributed by atoms with Gasteiger partial charge in [0.2, 0.25) is 11.8 Å². The minimum atomic E-state index is -0.441. The number of non-ortho nitro benzene ring substituents is 1. The molecule has 0 bridgehead atoms. The summed E-state index contributed by atoms with van der Waals surface area (Å²) in [4.78, 5) is 18.5. The smallest absolute Gasteiger partial charge is 0.269 e. The molecule has 138 valence electrons. The number of hydrogen-bond acceptors (Lipinski definition) is 7. The van der Waals surface area contributed by atoms with Crippen molar-refractivity contribution in [2.75, 3.05) is 23.7 Å². The Labute approximate surface area is 154 Å². The quantitative estimate of drug-likeness (QED) is 0.353. The molecule has 1 aromatic heterocycles. The predicted octanol–water partition coefficient (Wildman–Crippen LogP) is 3.84. The highest BCUT2D eigenvalue weighted by atomic mass is 19.1. The second kappa shape index (κ2) is 8.56. The van der Waals surface area contributed by atoms with Crippen LogP contribution in [0.3, 0.4) is 0 Å². The lowest BCUT2D eigenvalue weighted by molar-refractivity contribution is -0.384. The van der Waals surface area contributed by atoms with Gasteiger partial charge in [-0.3, -0.25) is 10.1 Å². The molecule has 0 fully saturated rings. The van der Waals surface area contributed by atoms with Gasteiger partial charge in [0, 0.05) is 43.2 Å². The zero-order chi connectivity index (χ0) is 19.1. The molecule has 27 heavy (non-hydrogen) atoms. The summed E-state index contributed by atoms with van der Waals surface area (Å²) in [6.07, 6.45) is 1.55. The van der Waals surface area contributed by atoms with Crippen LogP contribution in [-0.2, 0) is 0 Å². The maximum absolute atomic E-state index is 12.9. The van der Waals surface area contributed by atoms with Gasteiger partial charge in [0.1, 0.15) is 11.6 Å². The maximum atomic E-state index is 12.9. The van der Waals surface area contributed by atoms with E-state index in [1.165, 1.54) is 36.4 Å². The number of halogens is 1. The summed E-state index contributed by atoms with van der Waals surface area (Å²) in [5.41, 5.74) is 0.821. The minimum Gasteiger partial charge on any atom is -0.439 e. The first-order chi connectivity index (χ1) is 13.1. The van der Waals surface area contributed by atoms with E-state index in [-0.39, 0.29) is 11.5 Å². The number of benzene rings is 2. The molecule has 0 unspecified atom stereocenters. The van der Waals surface area contributed by atoms with E-state index in [0.717, 1.165) is 5.69 Å². The van der Waals surface area contributed by atoms with Crippen molar-refractivity contribution in [2.45, 2.75) is 0 Å². The van der Waals surface area contributed by atoms with Crippen LogP contribution < -0.4 is 15.4 Å². The van der Waals surface area contributed by atoms with Gasteiger partial charge < -0.3 is 15.4 Å². The van der Waals surface area contributed by atoms with Crippen LogP contribution >= 0.6 is 0 Å². The van der Waals surface area contributed by atoms with Crippen LogP contribution in [0.15, 0.2) is 60.8 Å². The van der Waals surface area contributed by atoms with Crippen molar-refractivity contribution in [2.24, 2.45) is 0 Å². The van der Waals surface area contributed by atoms with Gasteiger partial charge in [-0.05, 0) is 36.4 Å². The van der Waals surface area contributed by atoms with Gasteiger partial charge in [-0.2, -0.15) is 4.98 Å². The van der Waals surface area contributed by atoms with E-state index >= 15 is 0 Å². The molecule has 3 rings (SSSR count). The third-order valence-corrected chi connectivity index (χ3v) is 3.48. The Morgan fingerprint density at radius 2 is 1.70 bits per heavy atom. The first-order valence-corrected chi connectivity index (χ1v) is 8.09. The number of nitro groups is 1. The Balaban J connectivity index is 1.48. The molecule has 0 aliphatic rings. The molecule has 3 aromatic rings. The Kier molecular flexibility index (Phi) is 5.73. The third-order valence-electron chi connectivity index (χ3n) is 3.48. The van der Waals surface area contributed by atoms with Gasteiger partial charge in [0.15, 0.2) is 0 Å². The number of nitro benzene ring substituents is 1. The molecular formula is C18H16FN5O3. The molecule has 0 saturated heterocycles. The molecule has 1 heterocycles. The molecule has 0 saturated carbocycles. The summed E-state index contributed by atoms with van der Waals surface area (Å²) >= 11 is 0. The van der Waals surface area contributed by atoms with Crippen molar-refractivity contribution in [3.8, 4) is 11.6 Å². The van der Waals surface area contributed by atoms with E-state index in [9.17, 15) is 14.5 Å². The highest BCUT2D eigenvalue weighted by Gasteiger charge is 2.04. The number of hydrogen-bond donors (Lipinski definition) is 2. The fourth-order valence-corrected chi connectivity index (χ4v) is 2.19. The Morgan fingerprint density at radius 3 is 2.41 bits per heavy atom. The number of nitrogens with one attached hydrogen (secondary N) is 2. The largest absolute Gasteiger partial charge is 0.439 e. The van der Waals surface area contributed by atoms with Crippen molar-refractivity contribution in [3.63, 3.8) is 0 Å². The van der Waals surface area contributed by atoms with Crippen LogP contribution in [0.4, 0.5) is 21.7 Å². The second-order valence-electron chi connectivity index (χ2n) is 5.43. The summed E-state index contributed by atoms with van der Waals surface area (Å²) in [6, 6.07) is 13.4. The van der Waals surface area contributed by atoms with E-state index in [4.69, 9.17) is 4.74 Å². The third kappa shape index (κ3) is 5.36. The van der Waals surface area contributed by atoms with Crippen molar-refractivity contribution in [1.82, 2.24) is 9.97 Å². The molecule has 9 heteroatoms. The number of nitrogens with zero attached hydrogens (tertiary/aromatic N) is 3. The molecule has 0 amide bonds. The second-order valence-corrected chi connectivity index (χ2v) is 5.43. The predicted molar refractivity (Wildman–Crippen MR) is 98.6 cm³/mol. The first kappa shape index (κ1) is 18.1. The van der Waals surface area contributed by atoms with Crippen molar-refractivity contribution in [1.29, 1.82) is 0 Å². The van der Waals surface area contributed by atoms with E-state index in [2.05, 4.69) is 20.6 Å². The van der Waals surface area contributed by atoms with Crippen molar-refractivity contribution < 1.29 is 14.1 Å². The minimum absolute atomic E-state index is 0.0463. The Hall–Kier alpha value is -3.75. The molecular weight excluding hydrogens is 353 g/mol. The average Bonchev–Trinajstić information content (AvgIpc) is 2.68. The monoisotopic (exact) mass is 369 g/mol. The summed E-state index contributed by atoms with van der Waals surface area (Å²) in [7, 11) is 0. The molecule has 8 nitrogen and oxygen atoms in total. The number of anilines is 2. The normalized spacial score (nSPS) is 10.3. The van der Waals surface area contributed by atoms with Crippen LogP contribution in [0, 0.1) is 15.9 Å². The summed E-state index contributed by atoms with van der Waals surface area (Å²) in [5, 5.41) is 16.8. The lowest BCUT2D eigenvalue weighted by Gasteiger charge is -2.09. The lowest BCUT2D eigenvalue weighted by Crippen LogP contribution is -2.15. The van der Waals surface area contributed by atoms with E-state index in [1.807, 2.05) is 0 Å². The molecule has 2 N–H and O–H groups in total. The van der Waals surface area contributed by atoms with Crippen LogP contribution in [0.25, 0.3) is 0 Å². The van der Waals surface area contributed by atoms with Gasteiger partial charge in [0.25, 0.3) is 5.69 Å². The van der Waals surface area contributed by atoms with Gasteiger partial charge in [-0.1, -0.05) is 0 Å². The van der Waals surface area contributed by atoms with Crippen LogP contribution in [0.2, 0.25) is 0 Å². The highest BCUT2D eigenvalue weighted by Crippen LogP contribution is 2.20. The van der Waals surface area contributed by atoms with E-state index < -0.39 is 4.92 Å². The zero-order valence-electron chi connectivity index (χ0n) is 14.1. The molecule has 0 atom stereocenters. The van der Waals surface area contributed by atoms with Crippen molar-refractivity contribution >= 4 is 17.3 Å². The van der Waals surface area contributed by atoms with Crippen LogP contribution in [-0.4, -0.2) is 28.0 Å². The Bertz CT molecular complexity index is 904. The molecule has 2 aromatic carbocycles. The highest BCUT2D eigenvalue weighted by molar-refractivity contribution is 5.48. The molecule has 0 aliphatic heterocycles. The van der Waals surface area contributed by atoms with E-state index in [1.54, 1.807) is 24.4 Å². The number of rotatable bonds is 8. The maximum Gasteiger partial charge on any atom is 0.269 e. The standard InChI is InChI=1S/C18H16FN5O3/c19-13-1-7-16(8-2-13)27-17-9-10-21-18(23-17)22-12-11-20-14-3-5-15(6-4-14)24(25)26/h1-10,20H,11-12H2,(H,21,22,23). The summed E-state index contributed by atoms with van der Waals surface area (Å²) in [5.74, 6) is 0.858. The van der Waals surface area contributed by atoms with Gasteiger partial charge in [-0.15, -0.1) is 0 Å². The molecule has 0 radical (unpaired) electrons. The zero-order valence-corrected chi connectivity index (χ0v) is 14.1. The SMILES string of the molecule is O=[N+]([O-])c1ccc(NCCNc2nccc(Oc3ccc(F)cc3)n2)cc1. The van der Waals surface area contributed by atoms with Crippen LogP contribution in [0.1, 0.15) is 0 Å². The lowest BCUT2D eigenvalue weighted by atomic mass is 10.3. The fourth-order valence-electron chi connectivity index (χ4n) is 2.19. The number of ether oxygens (including phenoxy) is 1.